The van der Waals surface area contributed by atoms with Crippen LogP contribution in [-0.2, 0) is 4.74 Å². The molecule has 1 saturated heterocycles. The lowest BCUT2D eigenvalue weighted by molar-refractivity contribution is 0.0783. The molecule has 1 aromatic rings. The maximum Gasteiger partial charge on any atom is 0.119 e. The molecule has 2 atom stereocenters. The topological polar surface area (TPSA) is 30.5 Å². The zero-order valence-electron chi connectivity index (χ0n) is 12.7. The minimum atomic E-state index is 0.303. The van der Waals surface area contributed by atoms with Crippen molar-refractivity contribution >= 4 is 0 Å². The van der Waals surface area contributed by atoms with Crippen LogP contribution < -0.4 is 10.1 Å². The van der Waals surface area contributed by atoms with Crippen molar-refractivity contribution in [3.8, 4) is 5.75 Å². The zero-order chi connectivity index (χ0) is 14.2. The van der Waals surface area contributed by atoms with E-state index >= 15 is 0 Å². The fourth-order valence-electron chi connectivity index (χ4n) is 2.62. The van der Waals surface area contributed by atoms with E-state index in [1.807, 2.05) is 0 Å². The minimum Gasteiger partial charge on any atom is -0.494 e. The Morgan fingerprint density at radius 1 is 1.25 bits per heavy atom. The Hall–Kier alpha value is -1.06. The molecule has 0 saturated carbocycles. The third-order valence-electron chi connectivity index (χ3n) is 3.66. The van der Waals surface area contributed by atoms with Crippen LogP contribution in [-0.4, -0.2) is 25.9 Å². The summed E-state index contributed by atoms with van der Waals surface area (Å²) in [4.78, 5) is 0. The van der Waals surface area contributed by atoms with Gasteiger partial charge in [0.05, 0.1) is 18.8 Å². The van der Waals surface area contributed by atoms with Gasteiger partial charge in [0.25, 0.3) is 0 Å². The summed E-state index contributed by atoms with van der Waals surface area (Å²) in [5, 5.41) is 3.62. The van der Waals surface area contributed by atoms with E-state index in [1.165, 1.54) is 12.0 Å². The van der Waals surface area contributed by atoms with E-state index in [1.54, 1.807) is 0 Å². The molecule has 0 aromatic heterocycles. The van der Waals surface area contributed by atoms with Crippen molar-refractivity contribution < 1.29 is 9.47 Å². The van der Waals surface area contributed by atoms with Crippen LogP contribution in [0.3, 0.4) is 0 Å². The second-order valence-electron chi connectivity index (χ2n) is 5.40. The second kappa shape index (κ2) is 8.28. The molecule has 1 aliphatic rings. The molecule has 1 aliphatic heterocycles. The molecule has 0 aliphatic carbocycles. The van der Waals surface area contributed by atoms with Gasteiger partial charge in [0.15, 0.2) is 0 Å². The predicted molar refractivity (Wildman–Crippen MR) is 82.2 cm³/mol. The summed E-state index contributed by atoms with van der Waals surface area (Å²) in [7, 11) is 0. The van der Waals surface area contributed by atoms with Gasteiger partial charge in [-0.2, -0.15) is 0 Å². The molecule has 3 nitrogen and oxygen atoms in total. The van der Waals surface area contributed by atoms with Gasteiger partial charge >= 0.3 is 0 Å². The monoisotopic (exact) mass is 277 g/mol. The van der Waals surface area contributed by atoms with E-state index in [0.29, 0.717) is 12.1 Å². The Labute approximate surface area is 122 Å². The Morgan fingerprint density at radius 2 is 2.05 bits per heavy atom. The lowest BCUT2D eigenvalue weighted by Crippen LogP contribution is -2.32. The fraction of sp³-hybridized carbons (Fsp3) is 0.647. The van der Waals surface area contributed by atoms with Crippen molar-refractivity contribution in [3.63, 3.8) is 0 Å². The molecule has 1 fully saturated rings. The highest BCUT2D eigenvalue weighted by molar-refractivity contribution is 5.30. The summed E-state index contributed by atoms with van der Waals surface area (Å²) < 4.78 is 11.5. The minimum absolute atomic E-state index is 0.303. The quantitative estimate of drug-likeness (QED) is 0.786. The van der Waals surface area contributed by atoms with E-state index in [4.69, 9.17) is 9.47 Å². The molecule has 1 aromatic carbocycles. The first-order valence-corrected chi connectivity index (χ1v) is 7.93. The Balaban J connectivity index is 2.03. The standard InChI is InChI=1S/C17H27NO2/c1-3-11-18-17(16-6-5-13-20-16)14-7-9-15(10-8-14)19-12-4-2/h7-10,16-18H,3-6,11-13H2,1-2H3. The van der Waals surface area contributed by atoms with Crippen LogP contribution in [0, 0.1) is 0 Å². The first kappa shape index (κ1) is 15.3. The Kier molecular flexibility index (Phi) is 6.34. The summed E-state index contributed by atoms with van der Waals surface area (Å²) in [5.74, 6) is 0.956. The van der Waals surface area contributed by atoms with Gasteiger partial charge in [-0.25, -0.2) is 0 Å². The van der Waals surface area contributed by atoms with E-state index in [2.05, 4.69) is 43.4 Å². The third kappa shape index (κ3) is 4.22. The van der Waals surface area contributed by atoms with Gasteiger partial charge < -0.3 is 14.8 Å². The number of benzene rings is 1. The van der Waals surface area contributed by atoms with Crippen LogP contribution >= 0.6 is 0 Å². The van der Waals surface area contributed by atoms with Gasteiger partial charge in [-0.3, -0.25) is 0 Å². The highest BCUT2D eigenvalue weighted by atomic mass is 16.5. The van der Waals surface area contributed by atoms with Crippen molar-refractivity contribution in [1.29, 1.82) is 0 Å². The van der Waals surface area contributed by atoms with Crippen LogP contribution in [0.1, 0.15) is 51.1 Å². The van der Waals surface area contributed by atoms with E-state index < -0.39 is 0 Å². The molecule has 0 radical (unpaired) electrons. The summed E-state index contributed by atoms with van der Waals surface area (Å²) >= 11 is 0. The van der Waals surface area contributed by atoms with Crippen molar-refractivity contribution in [2.45, 2.75) is 51.7 Å². The average molecular weight is 277 g/mol. The molecule has 1 N–H and O–H groups in total. The van der Waals surface area contributed by atoms with Gasteiger partial charge in [0, 0.05) is 6.61 Å². The number of nitrogens with one attached hydrogen (secondary N) is 1. The first-order valence-electron chi connectivity index (χ1n) is 7.93. The van der Waals surface area contributed by atoms with Gasteiger partial charge in [0.2, 0.25) is 0 Å². The molecule has 0 bridgehead atoms. The van der Waals surface area contributed by atoms with Crippen molar-refractivity contribution in [1.82, 2.24) is 5.32 Å². The van der Waals surface area contributed by atoms with E-state index in [0.717, 1.165) is 44.8 Å². The zero-order valence-corrected chi connectivity index (χ0v) is 12.7. The molecule has 20 heavy (non-hydrogen) atoms. The van der Waals surface area contributed by atoms with Crippen LogP contribution in [0.15, 0.2) is 24.3 Å². The van der Waals surface area contributed by atoms with Gasteiger partial charge in [-0.1, -0.05) is 26.0 Å². The fourth-order valence-corrected chi connectivity index (χ4v) is 2.62. The molecular formula is C17H27NO2. The third-order valence-corrected chi connectivity index (χ3v) is 3.66. The van der Waals surface area contributed by atoms with Crippen molar-refractivity contribution in [2.24, 2.45) is 0 Å². The highest BCUT2D eigenvalue weighted by Crippen LogP contribution is 2.28. The van der Waals surface area contributed by atoms with Gasteiger partial charge in [-0.05, 0) is 49.9 Å². The van der Waals surface area contributed by atoms with Crippen LogP contribution in [0.2, 0.25) is 0 Å². The normalized spacial score (nSPS) is 20.0. The average Bonchev–Trinajstić information content (AvgIpc) is 3.01. The molecule has 0 amide bonds. The summed E-state index contributed by atoms with van der Waals surface area (Å²) in [6.07, 6.45) is 4.81. The lowest BCUT2D eigenvalue weighted by Gasteiger charge is -2.25. The molecule has 1 heterocycles. The van der Waals surface area contributed by atoms with E-state index in [-0.39, 0.29) is 0 Å². The van der Waals surface area contributed by atoms with Gasteiger partial charge in [-0.15, -0.1) is 0 Å². The molecular weight excluding hydrogens is 250 g/mol. The van der Waals surface area contributed by atoms with E-state index in [9.17, 15) is 0 Å². The second-order valence-corrected chi connectivity index (χ2v) is 5.40. The molecule has 0 spiro atoms. The molecule has 2 rings (SSSR count). The lowest BCUT2D eigenvalue weighted by atomic mass is 9.99. The van der Waals surface area contributed by atoms with Gasteiger partial charge in [0.1, 0.15) is 5.75 Å². The molecule has 3 heteroatoms. The number of hydrogen-bond donors (Lipinski definition) is 1. The summed E-state index contributed by atoms with van der Waals surface area (Å²) in [6, 6.07) is 8.78. The largest absolute Gasteiger partial charge is 0.494 e. The number of hydrogen-bond acceptors (Lipinski definition) is 3. The number of ether oxygens (including phenoxy) is 2. The summed E-state index contributed by atoms with van der Waals surface area (Å²) in [6.45, 7) is 7.02. The Bertz CT molecular complexity index is 371. The molecule has 112 valence electrons. The maximum atomic E-state index is 5.87. The van der Waals surface area contributed by atoms with Crippen LogP contribution in [0.25, 0.3) is 0 Å². The predicted octanol–water partition coefficient (Wildman–Crippen LogP) is 3.70. The Morgan fingerprint density at radius 3 is 2.65 bits per heavy atom. The van der Waals surface area contributed by atoms with Crippen LogP contribution in [0.4, 0.5) is 0 Å². The maximum absolute atomic E-state index is 5.87. The number of rotatable bonds is 8. The first-order chi connectivity index (χ1) is 9.85. The smallest absolute Gasteiger partial charge is 0.119 e. The highest BCUT2D eigenvalue weighted by Gasteiger charge is 2.26. The summed E-state index contributed by atoms with van der Waals surface area (Å²) in [5.41, 5.74) is 1.30. The molecule has 2 unspecified atom stereocenters. The van der Waals surface area contributed by atoms with Crippen molar-refractivity contribution in [3.05, 3.63) is 29.8 Å². The SMILES string of the molecule is CCCNC(c1ccc(OCCC)cc1)C1CCCO1. The van der Waals surface area contributed by atoms with Crippen molar-refractivity contribution in [2.75, 3.05) is 19.8 Å². The van der Waals surface area contributed by atoms with Crippen LogP contribution in [0.5, 0.6) is 5.75 Å².